The number of hydrazine groups is 1. The lowest BCUT2D eigenvalue weighted by Gasteiger charge is -2.18. The first-order valence-corrected chi connectivity index (χ1v) is 11.0. The Labute approximate surface area is 180 Å². The van der Waals surface area contributed by atoms with E-state index in [4.69, 9.17) is 23.2 Å². The summed E-state index contributed by atoms with van der Waals surface area (Å²) in [4.78, 5) is 24.4. The van der Waals surface area contributed by atoms with Crippen LogP contribution in [0.5, 0.6) is 0 Å². The maximum absolute atomic E-state index is 12.6. The number of benzene rings is 2. The largest absolute Gasteiger partial charge is 0.273 e. The molecule has 0 radical (unpaired) electrons. The van der Waals surface area contributed by atoms with Gasteiger partial charge in [-0.1, -0.05) is 49.2 Å². The third kappa shape index (κ3) is 5.93. The van der Waals surface area contributed by atoms with Gasteiger partial charge >= 0.3 is 0 Å². The maximum atomic E-state index is 12.6. The molecule has 2 N–H and O–H groups in total. The topological polar surface area (TPSA) is 95.6 Å². The summed E-state index contributed by atoms with van der Waals surface area (Å²) in [6.07, 6.45) is -0.0203. The Balaban J connectivity index is 2.04. The number of carbonyl (C=O) groups excluding carboxylic acids is 2. The SMILES string of the molecule is CCN(CC)S(=O)(=O)c1cccc(C(=O)NNC(=O)Cc2ccc(Cl)c(Cl)c2)c1. The van der Waals surface area contributed by atoms with Gasteiger partial charge in [-0.2, -0.15) is 4.31 Å². The maximum Gasteiger partial charge on any atom is 0.269 e. The summed E-state index contributed by atoms with van der Waals surface area (Å²) in [5, 5.41) is 0.705. The summed E-state index contributed by atoms with van der Waals surface area (Å²) in [5.74, 6) is -1.10. The first-order valence-electron chi connectivity index (χ1n) is 8.82. The second-order valence-electron chi connectivity index (χ2n) is 6.04. The molecular formula is C19H21Cl2N3O4S. The zero-order chi connectivity index (χ0) is 21.6. The van der Waals surface area contributed by atoms with E-state index in [0.29, 0.717) is 28.7 Å². The molecule has 2 aromatic carbocycles. The van der Waals surface area contributed by atoms with Gasteiger partial charge in [0.1, 0.15) is 0 Å². The van der Waals surface area contributed by atoms with E-state index in [-0.39, 0.29) is 16.9 Å². The van der Waals surface area contributed by atoms with Crippen molar-refractivity contribution < 1.29 is 18.0 Å². The van der Waals surface area contributed by atoms with Gasteiger partial charge in [0.05, 0.1) is 21.4 Å². The van der Waals surface area contributed by atoms with E-state index in [1.54, 1.807) is 32.0 Å². The molecule has 0 saturated heterocycles. The Morgan fingerprint density at radius 1 is 0.966 bits per heavy atom. The van der Waals surface area contributed by atoms with Gasteiger partial charge in [-0.3, -0.25) is 20.4 Å². The fourth-order valence-corrected chi connectivity index (χ4v) is 4.41. The monoisotopic (exact) mass is 457 g/mol. The van der Waals surface area contributed by atoms with Crippen molar-refractivity contribution in [2.75, 3.05) is 13.1 Å². The van der Waals surface area contributed by atoms with Crippen LogP contribution in [-0.4, -0.2) is 37.6 Å². The van der Waals surface area contributed by atoms with Crippen molar-refractivity contribution in [1.82, 2.24) is 15.2 Å². The number of hydrogen-bond acceptors (Lipinski definition) is 4. The Morgan fingerprint density at radius 2 is 1.66 bits per heavy atom. The van der Waals surface area contributed by atoms with Crippen LogP contribution < -0.4 is 10.9 Å². The van der Waals surface area contributed by atoms with Gasteiger partial charge in [0.15, 0.2) is 0 Å². The molecule has 0 unspecified atom stereocenters. The Morgan fingerprint density at radius 3 is 2.28 bits per heavy atom. The molecule has 0 heterocycles. The molecule has 10 heteroatoms. The number of hydrogen-bond donors (Lipinski definition) is 2. The van der Waals surface area contributed by atoms with Crippen LogP contribution in [-0.2, 0) is 21.2 Å². The highest BCUT2D eigenvalue weighted by atomic mass is 35.5. The fourth-order valence-electron chi connectivity index (χ4n) is 2.59. The summed E-state index contributed by atoms with van der Waals surface area (Å²) in [6, 6.07) is 10.4. The molecule has 29 heavy (non-hydrogen) atoms. The molecule has 0 aliphatic rings. The van der Waals surface area contributed by atoms with E-state index >= 15 is 0 Å². The summed E-state index contributed by atoms with van der Waals surface area (Å²) >= 11 is 11.7. The normalized spacial score (nSPS) is 11.3. The highest BCUT2D eigenvalue weighted by molar-refractivity contribution is 7.89. The summed E-state index contributed by atoms with van der Waals surface area (Å²) < 4.78 is 26.5. The van der Waals surface area contributed by atoms with E-state index in [1.165, 1.54) is 28.6 Å². The Kier molecular flexibility index (Phi) is 8.04. The summed E-state index contributed by atoms with van der Waals surface area (Å²) in [5.41, 5.74) is 5.30. The number of nitrogens with one attached hydrogen (secondary N) is 2. The van der Waals surface area contributed by atoms with Gasteiger partial charge in [-0.05, 0) is 35.9 Å². The number of nitrogens with zero attached hydrogens (tertiary/aromatic N) is 1. The van der Waals surface area contributed by atoms with Crippen LogP contribution in [0.4, 0.5) is 0 Å². The van der Waals surface area contributed by atoms with Crippen molar-refractivity contribution in [1.29, 1.82) is 0 Å². The molecule has 0 aromatic heterocycles. The van der Waals surface area contributed by atoms with Crippen LogP contribution in [0.3, 0.4) is 0 Å². The minimum atomic E-state index is -3.69. The van der Waals surface area contributed by atoms with Crippen LogP contribution >= 0.6 is 23.2 Å². The van der Waals surface area contributed by atoms with Crippen LogP contribution in [0, 0.1) is 0 Å². The minimum Gasteiger partial charge on any atom is -0.273 e. The highest BCUT2D eigenvalue weighted by Gasteiger charge is 2.22. The lowest BCUT2D eigenvalue weighted by Crippen LogP contribution is -2.42. The molecule has 0 saturated carbocycles. The fraction of sp³-hybridized carbons (Fsp3) is 0.263. The van der Waals surface area contributed by atoms with Crippen molar-refractivity contribution in [3.63, 3.8) is 0 Å². The van der Waals surface area contributed by atoms with E-state index in [1.807, 2.05) is 0 Å². The Hall–Kier alpha value is -2.13. The van der Waals surface area contributed by atoms with E-state index in [0.717, 1.165) is 0 Å². The van der Waals surface area contributed by atoms with E-state index < -0.39 is 21.8 Å². The molecule has 0 fully saturated rings. The molecule has 0 aliphatic carbocycles. The van der Waals surface area contributed by atoms with Crippen molar-refractivity contribution in [3.05, 3.63) is 63.6 Å². The van der Waals surface area contributed by atoms with Crippen molar-refractivity contribution in [2.24, 2.45) is 0 Å². The van der Waals surface area contributed by atoms with Crippen LogP contribution in [0.15, 0.2) is 47.4 Å². The van der Waals surface area contributed by atoms with Crippen LogP contribution in [0.25, 0.3) is 0 Å². The molecule has 0 spiro atoms. The number of carbonyl (C=O) groups is 2. The van der Waals surface area contributed by atoms with Crippen molar-refractivity contribution in [3.8, 4) is 0 Å². The van der Waals surface area contributed by atoms with E-state index in [9.17, 15) is 18.0 Å². The van der Waals surface area contributed by atoms with Crippen LogP contribution in [0.2, 0.25) is 10.0 Å². The lowest BCUT2D eigenvalue weighted by atomic mass is 10.1. The molecule has 2 amide bonds. The molecule has 0 bridgehead atoms. The van der Waals surface area contributed by atoms with Gasteiger partial charge in [-0.15, -0.1) is 0 Å². The second kappa shape index (κ2) is 10.1. The molecule has 0 aliphatic heterocycles. The number of sulfonamides is 1. The Bertz CT molecular complexity index is 1010. The number of halogens is 2. The zero-order valence-corrected chi connectivity index (χ0v) is 18.2. The van der Waals surface area contributed by atoms with Gasteiger partial charge in [-0.25, -0.2) is 8.42 Å². The first-order chi connectivity index (χ1) is 13.7. The predicted octanol–water partition coefficient (Wildman–Crippen LogP) is 3.03. The highest BCUT2D eigenvalue weighted by Crippen LogP contribution is 2.22. The average molecular weight is 458 g/mol. The van der Waals surface area contributed by atoms with Gasteiger partial charge in [0.2, 0.25) is 15.9 Å². The van der Waals surface area contributed by atoms with Gasteiger partial charge in [0.25, 0.3) is 5.91 Å². The molecule has 7 nitrogen and oxygen atoms in total. The molecule has 156 valence electrons. The number of amides is 2. The van der Waals surface area contributed by atoms with Gasteiger partial charge < -0.3 is 0 Å². The standard InChI is InChI=1S/C19H21Cl2N3O4S/c1-3-24(4-2)29(27,28)15-7-5-6-14(12-15)19(26)23-22-18(25)11-13-8-9-16(20)17(21)10-13/h5-10,12H,3-4,11H2,1-2H3,(H,22,25)(H,23,26). The van der Waals surface area contributed by atoms with Crippen LogP contribution in [0.1, 0.15) is 29.8 Å². The predicted molar refractivity (Wildman–Crippen MR) is 112 cm³/mol. The average Bonchev–Trinajstić information content (AvgIpc) is 2.69. The first kappa shape index (κ1) is 23.2. The quantitative estimate of drug-likeness (QED) is 0.624. The van der Waals surface area contributed by atoms with Crippen molar-refractivity contribution in [2.45, 2.75) is 25.2 Å². The molecular weight excluding hydrogens is 437 g/mol. The summed E-state index contributed by atoms with van der Waals surface area (Å²) in [6.45, 7) is 4.11. The third-order valence-electron chi connectivity index (χ3n) is 4.10. The smallest absolute Gasteiger partial charge is 0.269 e. The molecule has 2 aromatic rings. The zero-order valence-electron chi connectivity index (χ0n) is 15.9. The summed E-state index contributed by atoms with van der Waals surface area (Å²) in [7, 11) is -3.69. The van der Waals surface area contributed by atoms with Gasteiger partial charge in [0, 0.05) is 18.7 Å². The third-order valence-corrected chi connectivity index (χ3v) is 6.89. The minimum absolute atomic E-state index is 0.0102. The van der Waals surface area contributed by atoms with Crippen molar-refractivity contribution >= 4 is 45.0 Å². The second-order valence-corrected chi connectivity index (χ2v) is 8.80. The van der Waals surface area contributed by atoms with E-state index in [2.05, 4.69) is 10.9 Å². The number of rotatable bonds is 7. The molecule has 2 rings (SSSR count). The molecule has 0 atom stereocenters. The lowest BCUT2D eigenvalue weighted by molar-refractivity contribution is -0.121.